The number of nitrogens with two attached hydrogens (primary N) is 1. The fraction of sp³-hybridized carbons (Fsp3) is 0.923. The summed E-state index contributed by atoms with van der Waals surface area (Å²) in [5.41, 5.74) is 5.43. The van der Waals surface area contributed by atoms with E-state index >= 15 is 0 Å². The molecule has 0 aromatic heterocycles. The Labute approximate surface area is 105 Å². The van der Waals surface area contributed by atoms with Crippen LogP contribution in [0.5, 0.6) is 0 Å². The van der Waals surface area contributed by atoms with E-state index in [4.69, 9.17) is 5.73 Å². The third kappa shape index (κ3) is 3.42. The zero-order chi connectivity index (χ0) is 13.1. The highest BCUT2D eigenvalue weighted by atomic mass is 16.2. The highest BCUT2D eigenvalue weighted by Gasteiger charge is 2.35. The molecule has 0 radical (unpaired) electrons. The lowest BCUT2D eigenvalue weighted by molar-refractivity contribution is -0.139. The normalized spacial score (nSPS) is 25.7. The number of hydrogen-bond donors (Lipinski definition) is 1. The molecule has 17 heavy (non-hydrogen) atoms. The second-order valence-corrected chi connectivity index (χ2v) is 5.46. The zero-order valence-corrected chi connectivity index (χ0v) is 11.7. The van der Waals surface area contributed by atoms with Crippen LogP contribution in [0.4, 0.5) is 0 Å². The molecule has 4 nitrogen and oxygen atoms in total. The smallest absolute Gasteiger partial charge is 0.242 e. The highest BCUT2D eigenvalue weighted by Crippen LogP contribution is 2.17. The summed E-state index contributed by atoms with van der Waals surface area (Å²) in [6.07, 6.45) is 2.79. The molecule has 4 heteroatoms. The van der Waals surface area contributed by atoms with Gasteiger partial charge < -0.3 is 10.6 Å². The van der Waals surface area contributed by atoms with Crippen LogP contribution in [-0.4, -0.2) is 54.0 Å². The SMILES string of the molecule is CCCC(C)(N)C(=O)N1CCN(C)C(CC)C1. The van der Waals surface area contributed by atoms with Crippen LogP contribution in [-0.2, 0) is 4.79 Å². The van der Waals surface area contributed by atoms with Gasteiger partial charge in [0.2, 0.25) is 5.91 Å². The Kier molecular flexibility index (Phi) is 4.95. The van der Waals surface area contributed by atoms with Crippen LogP contribution in [0.15, 0.2) is 0 Å². The van der Waals surface area contributed by atoms with Crippen LogP contribution in [0.1, 0.15) is 40.0 Å². The molecule has 2 N–H and O–H groups in total. The average Bonchev–Trinajstić information content (AvgIpc) is 2.28. The third-order valence-corrected chi connectivity index (χ3v) is 3.79. The summed E-state index contributed by atoms with van der Waals surface area (Å²) < 4.78 is 0. The molecule has 0 aliphatic carbocycles. The molecule has 0 saturated carbocycles. The van der Waals surface area contributed by atoms with Crippen LogP contribution in [0.2, 0.25) is 0 Å². The van der Waals surface area contributed by atoms with Crippen molar-refractivity contribution in [2.75, 3.05) is 26.7 Å². The monoisotopic (exact) mass is 241 g/mol. The molecule has 1 aliphatic heterocycles. The Balaban J connectivity index is 2.64. The number of amides is 1. The quantitative estimate of drug-likeness (QED) is 0.800. The summed E-state index contributed by atoms with van der Waals surface area (Å²) in [7, 11) is 2.13. The lowest BCUT2D eigenvalue weighted by Gasteiger charge is -2.41. The van der Waals surface area contributed by atoms with Crippen molar-refractivity contribution < 1.29 is 4.79 Å². The van der Waals surface area contributed by atoms with E-state index < -0.39 is 5.54 Å². The molecule has 1 rings (SSSR count). The molecule has 100 valence electrons. The maximum Gasteiger partial charge on any atom is 0.242 e. The number of carbonyl (C=O) groups excluding carboxylic acids is 1. The van der Waals surface area contributed by atoms with Gasteiger partial charge in [0.05, 0.1) is 5.54 Å². The number of hydrogen-bond acceptors (Lipinski definition) is 3. The molecular weight excluding hydrogens is 214 g/mol. The highest BCUT2D eigenvalue weighted by molar-refractivity contribution is 5.85. The number of nitrogens with zero attached hydrogens (tertiary/aromatic N) is 2. The third-order valence-electron chi connectivity index (χ3n) is 3.79. The number of rotatable bonds is 4. The van der Waals surface area contributed by atoms with E-state index in [0.29, 0.717) is 6.04 Å². The van der Waals surface area contributed by atoms with Crippen molar-refractivity contribution in [3.63, 3.8) is 0 Å². The topological polar surface area (TPSA) is 49.6 Å². The first-order valence-electron chi connectivity index (χ1n) is 6.70. The van der Waals surface area contributed by atoms with Crippen molar-refractivity contribution in [1.82, 2.24) is 9.80 Å². The van der Waals surface area contributed by atoms with Gasteiger partial charge in [-0.2, -0.15) is 0 Å². The second kappa shape index (κ2) is 5.83. The fourth-order valence-corrected chi connectivity index (χ4v) is 2.56. The van der Waals surface area contributed by atoms with Crippen molar-refractivity contribution in [1.29, 1.82) is 0 Å². The predicted molar refractivity (Wildman–Crippen MR) is 70.8 cm³/mol. The molecule has 0 aromatic rings. The maximum atomic E-state index is 12.4. The molecule has 0 aromatic carbocycles. The molecule has 2 unspecified atom stereocenters. The van der Waals surface area contributed by atoms with Gasteiger partial charge in [0.15, 0.2) is 0 Å². The lowest BCUT2D eigenvalue weighted by atomic mass is 9.95. The maximum absolute atomic E-state index is 12.4. The zero-order valence-electron chi connectivity index (χ0n) is 11.7. The number of likely N-dealkylation sites (N-methyl/N-ethyl adjacent to an activating group) is 1. The van der Waals surface area contributed by atoms with Crippen molar-refractivity contribution in [3.8, 4) is 0 Å². The molecule has 2 atom stereocenters. The van der Waals surface area contributed by atoms with Gasteiger partial charge in [-0.05, 0) is 26.8 Å². The van der Waals surface area contributed by atoms with E-state index in [0.717, 1.165) is 38.9 Å². The first-order chi connectivity index (χ1) is 7.92. The molecule has 1 aliphatic rings. The largest absolute Gasteiger partial charge is 0.338 e. The summed E-state index contributed by atoms with van der Waals surface area (Å²) in [6, 6.07) is 0.477. The van der Waals surface area contributed by atoms with Gasteiger partial charge in [0, 0.05) is 25.7 Å². The molecule has 0 bridgehead atoms. The molecule has 1 amide bonds. The fourth-order valence-electron chi connectivity index (χ4n) is 2.56. The van der Waals surface area contributed by atoms with Crippen LogP contribution in [0.25, 0.3) is 0 Å². The first kappa shape index (κ1) is 14.5. The van der Waals surface area contributed by atoms with E-state index in [-0.39, 0.29) is 5.91 Å². The van der Waals surface area contributed by atoms with Gasteiger partial charge >= 0.3 is 0 Å². The molecule has 0 spiro atoms. The van der Waals surface area contributed by atoms with E-state index in [2.05, 4.69) is 25.8 Å². The molecule has 1 fully saturated rings. The minimum atomic E-state index is -0.692. The van der Waals surface area contributed by atoms with Crippen LogP contribution < -0.4 is 5.73 Å². The van der Waals surface area contributed by atoms with E-state index in [1.54, 1.807) is 0 Å². The Morgan fingerprint density at radius 1 is 1.41 bits per heavy atom. The average molecular weight is 241 g/mol. The van der Waals surface area contributed by atoms with Gasteiger partial charge in [0.1, 0.15) is 0 Å². The van der Waals surface area contributed by atoms with Crippen molar-refractivity contribution in [2.45, 2.75) is 51.6 Å². The molecule has 1 heterocycles. The summed E-state index contributed by atoms with van der Waals surface area (Å²) in [5.74, 6) is 0.117. The minimum Gasteiger partial charge on any atom is -0.338 e. The van der Waals surface area contributed by atoms with Gasteiger partial charge in [-0.3, -0.25) is 9.69 Å². The van der Waals surface area contributed by atoms with Gasteiger partial charge in [-0.15, -0.1) is 0 Å². The number of carbonyl (C=O) groups is 1. The van der Waals surface area contributed by atoms with Crippen LogP contribution >= 0.6 is 0 Å². The predicted octanol–water partition coefficient (Wildman–Crippen LogP) is 1.06. The van der Waals surface area contributed by atoms with Crippen LogP contribution in [0, 0.1) is 0 Å². The number of piperazine rings is 1. The summed E-state index contributed by atoms with van der Waals surface area (Å²) >= 11 is 0. The Morgan fingerprint density at radius 2 is 2.06 bits per heavy atom. The van der Waals surface area contributed by atoms with Gasteiger partial charge in [0.25, 0.3) is 0 Å². The van der Waals surface area contributed by atoms with Crippen molar-refractivity contribution in [2.24, 2.45) is 5.73 Å². The van der Waals surface area contributed by atoms with Crippen LogP contribution in [0.3, 0.4) is 0 Å². The Morgan fingerprint density at radius 3 is 2.59 bits per heavy atom. The van der Waals surface area contributed by atoms with E-state index in [1.807, 2.05) is 11.8 Å². The van der Waals surface area contributed by atoms with Gasteiger partial charge in [-0.25, -0.2) is 0 Å². The lowest BCUT2D eigenvalue weighted by Crippen LogP contribution is -2.60. The molecular formula is C13H27N3O. The van der Waals surface area contributed by atoms with E-state index in [9.17, 15) is 4.79 Å². The van der Waals surface area contributed by atoms with Crippen molar-refractivity contribution >= 4 is 5.91 Å². The summed E-state index contributed by atoms with van der Waals surface area (Å²) in [5, 5.41) is 0. The standard InChI is InChI=1S/C13H27N3O/c1-5-7-13(3,14)12(17)16-9-8-15(4)11(6-2)10-16/h11H,5-10,14H2,1-4H3. The van der Waals surface area contributed by atoms with E-state index in [1.165, 1.54) is 0 Å². The first-order valence-corrected chi connectivity index (χ1v) is 6.70. The second-order valence-electron chi connectivity index (χ2n) is 5.46. The Hall–Kier alpha value is -0.610. The molecule has 1 saturated heterocycles. The minimum absolute atomic E-state index is 0.117. The van der Waals surface area contributed by atoms with Crippen molar-refractivity contribution in [3.05, 3.63) is 0 Å². The summed E-state index contributed by atoms with van der Waals surface area (Å²) in [6.45, 7) is 8.68. The van der Waals surface area contributed by atoms with Gasteiger partial charge in [-0.1, -0.05) is 20.3 Å². The summed E-state index contributed by atoms with van der Waals surface area (Å²) in [4.78, 5) is 16.6. The Bertz CT molecular complexity index is 265.